The zero-order valence-corrected chi connectivity index (χ0v) is 9.57. The van der Waals surface area contributed by atoms with E-state index in [1.807, 2.05) is 0 Å². The molecule has 0 amide bonds. The van der Waals surface area contributed by atoms with Crippen molar-refractivity contribution in [1.29, 1.82) is 0 Å². The Bertz CT molecular complexity index is 230. The number of aliphatic hydroxyl groups is 1. The second-order valence-electron chi connectivity index (χ2n) is 3.49. The molecule has 0 bridgehead atoms. The van der Waals surface area contributed by atoms with Gasteiger partial charge >= 0.3 is 0 Å². The molecule has 0 radical (unpaired) electrons. The van der Waals surface area contributed by atoms with E-state index in [0.29, 0.717) is 0 Å². The average molecular weight is 208 g/mol. The van der Waals surface area contributed by atoms with Crippen LogP contribution in [0.1, 0.15) is 39.5 Å². The SMILES string of the molecule is C1=CCC/C=C\CC1.CC(=O)/C=C(/C)O. The number of hydrogen-bond donors (Lipinski definition) is 1. The minimum atomic E-state index is -0.125. The van der Waals surface area contributed by atoms with Crippen molar-refractivity contribution in [2.24, 2.45) is 0 Å². The third-order valence-electron chi connectivity index (χ3n) is 1.75. The number of ketones is 1. The molecule has 0 fully saturated rings. The van der Waals surface area contributed by atoms with Gasteiger partial charge < -0.3 is 5.11 Å². The van der Waals surface area contributed by atoms with Crippen LogP contribution >= 0.6 is 0 Å². The second-order valence-corrected chi connectivity index (χ2v) is 3.49. The lowest BCUT2D eigenvalue weighted by molar-refractivity contribution is -0.112. The van der Waals surface area contributed by atoms with E-state index < -0.39 is 0 Å². The highest BCUT2D eigenvalue weighted by Crippen LogP contribution is 2.02. The van der Waals surface area contributed by atoms with Gasteiger partial charge in [-0.05, 0) is 39.5 Å². The van der Waals surface area contributed by atoms with E-state index in [-0.39, 0.29) is 11.5 Å². The van der Waals surface area contributed by atoms with Crippen LogP contribution in [-0.4, -0.2) is 10.9 Å². The lowest BCUT2D eigenvalue weighted by Crippen LogP contribution is -1.82. The van der Waals surface area contributed by atoms with Gasteiger partial charge in [0.2, 0.25) is 0 Å². The van der Waals surface area contributed by atoms with Crippen LogP contribution in [0.15, 0.2) is 36.1 Å². The largest absolute Gasteiger partial charge is 0.512 e. The van der Waals surface area contributed by atoms with E-state index >= 15 is 0 Å². The summed E-state index contributed by atoms with van der Waals surface area (Å²) in [4.78, 5) is 10.0. The summed E-state index contributed by atoms with van der Waals surface area (Å²) in [6, 6.07) is 0. The van der Waals surface area contributed by atoms with Crippen molar-refractivity contribution in [3.63, 3.8) is 0 Å². The molecule has 2 nitrogen and oxygen atoms in total. The van der Waals surface area contributed by atoms with Gasteiger partial charge in [0.15, 0.2) is 5.78 Å². The van der Waals surface area contributed by atoms with Gasteiger partial charge in [0.1, 0.15) is 0 Å². The first kappa shape index (κ1) is 13.7. The molecule has 1 aliphatic rings. The molecule has 84 valence electrons. The Morgan fingerprint density at radius 3 is 1.47 bits per heavy atom. The molecule has 0 saturated carbocycles. The predicted octanol–water partition coefficient (Wildman–Crippen LogP) is 3.71. The summed E-state index contributed by atoms with van der Waals surface area (Å²) < 4.78 is 0. The van der Waals surface area contributed by atoms with Crippen LogP contribution in [0.25, 0.3) is 0 Å². The molecule has 0 saturated heterocycles. The normalized spacial score (nSPS) is 18.1. The van der Waals surface area contributed by atoms with Crippen molar-refractivity contribution >= 4 is 5.78 Å². The molecular weight excluding hydrogens is 188 g/mol. The number of aliphatic hydroxyl groups excluding tert-OH is 1. The Hall–Kier alpha value is -1.31. The quantitative estimate of drug-likeness (QED) is 0.405. The van der Waals surface area contributed by atoms with Gasteiger partial charge in [-0.15, -0.1) is 0 Å². The van der Waals surface area contributed by atoms with Crippen molar-refractivity contribution in [3.8, 4) is 0 Å². The fraction of sp³-hybridized carbons (Fsp3) is 0.462. The van der Waals surface area contributed by atoms with E-state index in [9.17, 15) is 4.79 Å². The first-order valence-corrected chi connectivity index (χ1v) is 5.30. The molecule has 1 aliphatic carbocycles. The summed E-state index contributed by atoms with van der Waals surface area (Å²) in [6.07, 6.45) is 15.2. The fourth-order valence-corrected chi connectivity index (χ4v) is 1.15. The van der Waals surface area contributed by atoms with Crippen LogP contribution in [-0.2, 0) is 4.79 Å². The molecule has 0 spiro atoms. The summed E-state index contributed by atoms with van der Waals surface area (Å²) in [6.45, 7) is 2.85. The maximum Gasteiger partial charge on any atom is 0.155 e. The number of carbonyl (C=O) groups is 1. The average Bonchev–Trinajstić information content (AvgIpc) is 1.99. The maximum absolute atomic E-state index is 10.0. The zero-order chi connectivity index (χ0) is 11.5. The lowest BCUT2D eigenvalue weighted by Gasteiger charge is -1.92. The van der Waals surface area contributed by atoms with E-state index in [1.54, 1.807) is 0 Å². The molecule has 15 heavy (non-hydrogen) atoms. The van der Waals surface area contributed by atoms with E-state index in [2.05, 4.69) is 24.3 Å². The number of allylic oxidation sites excluding steroid dienone is 6. The van der Waals surface area contributed by atoms with Gasteiger partial charge in [-0.25, -0.2) is 0 Å². The topological polar surface area (TPSA) is 37.3 Å². The molecule has 2 heteroatoms. The van der Waals surface area contributed by atoms with Crippen LogP contribution in [0.3, 0.4) is 0 Å². The van der Waals surface area contributed by atoms with Gasteiger partial charge in [-0.3, -0.25) is 4.79 Å². The Morgan fingerprint density at radius 1 is 1.00 bits per heavy atom. The molecule has 0 aromatic rings. The number of hydrogen-bond acceptors (Lipinski definition) is 2. The van der Waals surface area contributed by atoms with Gasteiger partial charge in [0.05, 0.1) is 5.76 Å². The zero-order valence-electron chi connectivity index (χ0n) is 9.57. The van der Waals surface area contributed by atoms with Gasteiger partial charge in [-0.2, -0.15) is 0 Å². The van der Waals surface area contributed by atoms with E-state index in [0.717, 1.165) is 0 Å². The van der Waals surface area contributed by atoms with Crippen molar-refractivity contribution in [3.05, 3.63) is 36.1 Å². The maximum atomic E-state index is 10.0. The van der Waals surface area contributed by atoms with Crippen LogP contribution < -0.4 is 0 Å². The smallest absolute Gasteiger partial charge is 0.155 e. The van der Waals surface area contributed by atoms with Crippen molar-refractivity contribution in [1.82, 2.24) is 0 Å². The van der Waals surface area contributed by atoms with Crippen LogP contribution in [0.5, 0.6) is 0 Å². The molecule has 0 aliphatic heterocycles. The Kier molecular flexibility index (Phi) is 8.44. The van der Waals surface area contributed by atoms with Gasteiger partial charge in [-0.1, -0.05) is 24.3 Å². The predicted molar refractivity (Wildman–Crippen MR) is 63.8 cm³/mol. The minimum absolute atomic E-state index is 0.0625. The first-order valence-electron chi connectivity index (χ1n) is 5.30. The number of rotatable bonds is 1. The third kappa shape index (κ3) is 12.7. The highest BCUT2D eigenvalue weighted by Gasteiger charge is 1.83. The minimum Gasteiger partial charge on any atom is -0.512 e. The summed E-state index contributed by atoms with van der Waals surface area (Å²) in [5.74, 6) is -0.0625. The Labute approximate surface area is 92.0 Å². The molecule has 1 N–H and O–H groups in total. The molecule has 0 atom stereocenters. The summed E-state index contributed by atoms with van der Waals surface area (Å²) in [5.41, 5.74) is 0. The number of carbonyl (C=O) groups excluding carboxylic acids is 1. The second kappa shape index (κ2) is 9.25. The van der Waals surface area contributed by atoms with Crippen molar-refractivity contribution in [2.45, 2.75) is 39.5 Å². The van der Waals surface area contributed by atoms with Crippen LogP contribution in [0.2, 0.25) is 0 Å². The van der Waals surface area contributed by atoms with Crippen molar-refractivity contribution in [2.75, 3.05) is 0 Å². The highest BCUT2D eigenvalue weighted by atomic mass is 16.3. The van der Waals surface area contributed by atoms with Crippen LogP contribution in [0.4, 0.5) is 0 Å². The molecule has 0 aromatic heterocycles. The van der Waals surface area contributed by atoms with E-state index in [1.165, 1.54) is 45.6 Å². The lowest BCUT2D eigenvalue weighted by atomic mass is 10.1. The standard InChI is InChI=1S/C8H12.C5H8O2/c1-2-4-6-8-7-5-3-1;1-4(6)3-5(2)7/h1-2,7-8H,3-6H2;3,6H,1-2H3/b2-1-,8-7?;4-3-. The van der Waals surface area contributed by atoms with Crippen molar-refractivity contribution < 1.29 is 9.90 Å². The molecular formula is C13H20O2. The molecule has 1 rings (SSSR count). The summed E-state index contributed by atoms with van der Waals surface area (Å²) in [5, 5.41) is 8.36. The van der Waals surface area contributed by atoms with Gasteiger partial charge in [0.25, 0.3) is 0 Å². The molecule has 0 unspecified atom stereocenters. The summed E-state index contributed by atoms with van der Waals surface area (Å²) >= 11 is 0. The fourth-order valence-electron chi connectivity index (χ4n) is 1.15. The Morgan fingerprint density at radius 2 is 1.33 bits per heavy atom. The van der Waals surface area contributed by atoms with Gasteiger partial charge in [0, 0.05) is 6.08 Å². The molecule has 0 aromatic carbocycles. The third-order valence-corrected chi connectivity index (χ3v) is 1.75. The monoisotopic (exact) mass is 208 g/mol. The summed E-state index contributed by atoms with van der Waals surface area (Å²) in [7, 11) is 0. The first-order chi connectivity index (χ1) is 7.13. The molecule has 0 heterocycles. The highest BCUT2D eigenvalue weighted by molar-refractivity contribution is 5.87. The van der Waals surface area contributed by atoms with E-state index in [4.69, 9.17) is 5.11 Å². The Balaban J connectivity index is 0.000000265. The van der Waals surface area contributed by atoms with Crippen LogP contribution in [0, 0.1) is 0 Å².